The summed E-state index contributed by atoms with van der Waals surface area (Å²) >= 11 is -0.256. The zero-order valence-corrected chi connectivity index (χ0v) is 17.2. The molecule has 164 valence electrons. The van der Waals surface area contributed by atoms with Gasteiger partial charge in [0, 0.05) is 22.1 Å². The lowest BCUT2D eigenvalue weighted by atomic mass is 9.85. The summed E-state index contributed by atoms with van der Waals surface area (Å²) in [5.74, 6) is -2.80. The number of esters is 1. The normalized spacial score (nSPS) is 19.1. The molecule has 0 fully saturated rings. The first kappa shape index (κ1) is 22.9. The van der Waals surface area contributed by atoms with E-state index in [0.29, 0.717) is 6.42 Å². The Balaban J connectivity index is 1.66. The van der Waals surface area contributed by atoms with Crippen LogP contribution >= 0.6 is 11.8 Å². The first-order valence-electron chi connectivity index (χ1n) is 9.35. The second kappa shape index (κ2) is 9.55. The molecule has 0 aromatic heterocycles. The number of carbonyl (C=O) groups excluding carboxylic acids is 2. The summed E-state index contributed by atoms with van der Waals surface area (Å²) in [6.45, 7) is 0. The van der Waals surface area contributed by atoms with Gasteiger partial charge in [0.05, 0.1) is 13.0 Å². The second-order valence-corrected chi connectivity index (χ2v) is 8.10. The molecular weight excluding hydrogens is 434 g/mol. The third-order valence-electron chi connectivity index (χ3n) is 4.91. The van der Waals surface area contributed by atoms with Crippen LogP contribution < -0.4 is 5.32 Å². The third kappa shape index (κ3) is 5.88. The van der Waals surface area contributed by atoms with Crippen LogP contribution in [0.3, 0.4) is 0 Å². The Morgan fingerprint density at radius 2 is 1.77 bits per heavy atom. The topological polar surface area (TPSA) is 55.4 Å². The van der Waals surface area contributed by atoms with Gasteiger partial charge < -0.3 is 10.1 Å². The first-order valence-corrected chi connectivity index (χ1v) is 10.2. The van der Waals surface area contributed by atoms with Crippen LogP contribution in [0.15, 0.2) is 65.6 Å². The highest BCUT2D eigenvalue weighted by Crippen LogP contribution is 2.37. The van der Waals surface area contributed by atoms with Gasteiger partial charge in [-0.25, -0.2) is 4.39 Å². The molecular formula is C22H19F4NO3S. The maximum Gasteiger partial charge on any atom is 0.446 e. The van der Waals surface area contributed by atoms with Gasteiger partial charge >= 0.3 is 11.5 Å². The quantitative estimate of drug-likeness (QED) is 0.287. The van der Waals surface area contributed by atoms with Crippen LogP contribution in [0.1, 0.15) is 28.3 Å². The zero-order chi connectivity index (χ0) is 22.6. The number of nitrogens with one attached hydrogen (secondary N) is 1. The van der Waals surface area contributed by atoms with Crippen LogP contribution in [0, 0.1) is 11.7 Å². The van der Waals surface area contributed by atoms with Crippen LogP contribution in [0.4, 0.5) is 17.6 Å². The van der Waals surface area contributed by atoms with E-state index in [9.17, 15) is 27.2 Å². The molecule has 4 nitrogen and oxygen atoms in total. The summed E-state index contributed by atoms with van der Waals surface area (Å²) < 4.78 is 56.4. The summed E-state index contributed by atoms with van der Waals surface area (Å²) in [5.41, 5.74) is -3.97. The van der Waals surface area contributed by atoms with Crippen molar-refractivity contribution in [2.75, 3.05) is 7.11 Å². The van der Waals surface area contributed by atoms with Gasteiger partial charge in [0.2, 0.25) is 0 Å². The van der Waals surface area contributed by atoms with Gasteiger partial charge in [0.25, 0.3) is 5.91 Å². The molecule has 0 heterocycles. The monoisotopic (exact) mass is 453 g/mol. The van der Waals surface area contributed by atoms with E-state index in [0.717, 1.165) is 0 Å². The van der Waals surface area contributed by atoms with E-state index in [1.165, 1.54) is 49.6 Å². The molecule has 1 aliphatic rings. The molecule has 1 aliphatic carbocycles. The van der Waals surface area contributed by atoms with Crippen molar-refractivity contribution in [2.24, 2.45) is 5.92 Å². The Hall–Kier alpha value is -2.81. The SMILES string of the molecule is COC(=O)C(c1ccccc1F)C1C=CC(NC(=O)c2ccc(SC(F)(F)F)cc2)C1. The summed E-state index contributed by atoms with van der Waals surface area (Å²) in [4.78, 5) is 24.8. The van der Waals surface area contributed by atoms with Crippen molar-refractivity contribution >= 4 is 23.6 Å². The van der Waals surface area contributed by atoms with Gasteiger partial charge in [0.15, 0.2) is 0 Å². The number of rotatable bonds is 6. The van der Waals surface area contributed by atoms with Crippen LogP contribution in [-0.2, 0) is 9.53 Å². The average Bonchev–Trinajstić information content (AvgIpc) is 3.16. The third-order valence-corrected chi connectivity index (χ3v) is 5.65. The molecule has 0 aliphatic heterocycles. The highest BCUT2D eigenvalue weighted by molar-refractivity contribution is 8.00. The predicted octanol–water partition coefficient (Wildman–Crippen LogP) is 5.07. The molecule has 9 heteroatoms. The highest BCUT2D eigenvalue weighted by Gasteiger charge is 2.35. The largest absolute Gasteiger partial charge is 0.469 e. The summed E-state index contributed by atoms with van der Waals surface area (Å²) in [6.07, 6.45) is 3.80. The number of alkyl halides is 3. The van der Waals surface area contributed by atoms with Crippen LogP contribution in [0.2, 0.25) is 0 Å². The van der Waals surface area contributed by atoms with Crippen molar-refractivity contribution in [2.45, 2.75) is 28.8 Å². The number of allylic oxidation sites excluding steroid dienone is 1. The lowest BCUT2D eigenvalue weighted by molar-refractivity contribution is -0.143. The molecule has 1 amide bonds. The molecule has 3 rings (SSSR count). The van der Waals surface area contributed by atoms with Gasteiger partial charge in [-0.3, -0.25) is 9.59 Å². The lowest BCUT2D eigenvalue weighted by Crippen LogP contribution is -2.33. The second-order valence-electron chi connectivity index (χ2n) is 6.96. The smallest absolute Gasteiger partial charge is 0.446 e. The van der Waals surface area contributed by atoms with Gasteiger partial charge in [0.1, 0.15) is 5.82 Å². The fraction of sp³-hybridized carbons (Fsp3) is 0.273. The van der Waals surface area contributed by atoms with Crippen LogP contribution in [0.5, 0.6) is 0 Å². The Morgan fingerprint density at radius 3 is 2.39 bits per heavy atom. The predicted molar refractivity (Wildman–Crippen MR) is 108 cm³/mol. The summed E-state index contributed by atoms with van der Waals surface area (Å²) in [6, 6.07) is 10.6. The molecule has 3 unspecified atom stereocenters. The Labute approximate surface area is 180 Å². The van der Waals surface area contributed by atoms with Gasteiger partial charge in [-0.15, -0.1) is 0 Å². The molecule has 31 heavy (non-hydrogen) atoms. The van der Waals surface area contributed by atoms with Crippen molar-refractivity contribution in [3.63, 3.8) is 0 Å². The Kier molecular flexibility index (Phi) is 7.04. The van der Waals surface area contributed by atoms with Crippen LogP contribution in [-0.4, -0.2) is 30.5 Å². The summed E-state index contributed by atoms with van der Waals surface area (Å²) in [7, 11) is 1.23. The minimum Gasteiger partial charge on any atom is -0.469 e. The lowest BCUT2D eigenvalue weighted by Gasteiger charge is -2.22. The maximum absolute atomic E-state index is 14.3. The highest BCUT2D eigenvalue weighted by atomic mass is 32.2. The van der Waals surface area contributed by atoms with Gasteiger partial charge in [-0.2, -0.15) is 13.2 Å². The van der Waals surface area contributed by atoms with Crippen molar-refractivity contribution in [3.05, 3.63) is 77.6 Å². The number of carbonyl (C=O) groups is 2. The van der Waals surface area contributed by atoms with Crippen molar-refractivity contribution < 1.29 is 31.9 Å². The van der Waals surface area contributed by atoms with Crippen LogP contribution in [0.25, 0.3) is 0 Å². The average molecular weight is 453 g/mol. The number of hydrogen-bond donors (Lipinski definition) is 1. The number of ether oxygens (including phenoxy) is 1. The van der Waals surface area contributed by atoms with E-state index >= 15 is 0 Å². The molecule has 0 bridgehead atoms. The first-order chi connectivity index (χ1) is 14.7. The van der Waals surface area contributed by atoms with E-state index in [4.69, 9.17) is 4.74 Å². The molecule has 2 aromatic carbocycles. The fourth-order valence-corrected chi connectivity index (χ4v) is 4.07. The van der Waals surface area contributed by atoms with Crippen molar-refractivity contribution in [1.29, 1.82) is 0 Å². The fourth-order valence-electron chi connectivity index (χ4n) is 3.53. The number of amides is 1. The van der Waals surface area contributed by atoms with E-state index < -0.39 is 35.2 Å². The zero-order valence-electron chi connectivity index (χ0n) is 16.4. The van der Waals surface area contributed by atoms with E-state index in [2.05, 4.69) is 5.32 Å². The maximum atomic E-state index is 14.3. The molecule has 2 aromatic rings. The Bertz CT molecular complexity index is 975. The van der Waals surface area contributed by atoms with Gasteiger partial charge in [-0.1, -0.05) is 30.4 Å². The van der Waals surface area contributed by atoms with E-state index in [1.54, 1.807) is 18.2 Å². The summed E-state index contributed by atoms with van der Waals surface area (Å²) in [5, 5.41) is 2.77. The molecule has 0 radical (unpaired) electrons. The molecule has 1 N–H and O–H groups in total. The number of hydrogen-bond acceptors (Lipinski definition) is 4. The van der Waals surface area contributed by atoms with Gasteiger partial charge in [-0.05, 0) is 54.4 Å². The molecule has 3 atom stereocenters. The standard InChI is InChI=1S/C22H19F4NO3S/c1-30-21(29)19(17-4-2-3-5-18(17)23)14-6-9-15(12-14)27-20(28)13-7-10-16(11-8-13)31-22(24,25)26/h2-11,14-15,19H,12H2,1H3,(H,27,28). The molecule has 0 spiro atoms. The number of thioether (sulfide) groups is 1. The number of methoxy groups -OCH3 is 1. The van der Waals surface area contributed by atoms with Crippen molar-refractivity contribution in [1.82, 2.24) is 5.32 Å². The minimum atomic E-state index is -4.40. The Morgan fingerprint density at radius 1 is 1.10 bits per heavy atom. The van der Waals surface area contributed by atoms with Crippen molar-refractivity contribution in [3.8, 4) is 0 Å². The minimum absolute atomic E-state index is 0.0179. The molecule has 0 saturated heterocycles. The number of benzene rings is 2. The number of halogens is 4. The van der Waals surface area contributed by atoms with E-state index in [1.807, 2.05) is 0 Å². The molecule has 0 saturated carbocycles. The van der Waals surface area contributed by atoms with E-state index in [-0.39, 0.29) is 33.7 Å².